The minimum Gasteiger partial charge on any atom is -0.332 e. The molecule has 106 valence electrons. The Morgan fingerprint density at radius 2 is 2.10 bits per heavy atom. The molecule has 0 radical (unpaired) electrons. The molecule has 3 unspecified atom stereocenters. The zero-order valence-corrected chi connectivity index (χ0v) is 12.3. The predicted octanol–water partition coefficient (Wildman–Crippen LogP) is 3.67. The Kier molecular flexibility index (Phi) is 3.88. The van der Waals surface area contributed by atoms with Crippen LogP contribution in [0.15, 0.2) is 43.0 Å². The van der Waals surface area contributed by atoms with E-state index in [0.717, 1.165) is 19.4 Å². The van der Waals surface area contributed by atoms with Crippen molar-refractivity contribution >= 4 is 0 Å². The van der Waals surface area contributed by atoms with E-state index in [2.05, 4.69) is 59.2 Å². The van der Waals surface area contributed by atoms with E-state index >= 15 is 0 Å². The summed E-state index contributed by atoms with van der Waals surface area (Å²) in [6, 6.07) is 9.71. The number of hydrogen-bond acceptors (Lipinski definition) is 2. The first-order valence-electron chi connectivity index (χ1n) is 7.61. The molecule has 1 aliphatic rings. The third-order valence-corrected chi connectivity index (χ3v) is 4.36. The molecule has 1 heterocycles. The lowest BCUT2D eigenvalue weighted by atomic mass is 9.78. The number of hydrogen-bond donors (Lipinski definition) is 1. The van der Waals surface area contributed by atoms with Crippen LogP contribution in [0.1, 0.15) is 55.8 Å². The van der Waals surface area contributed by atoms with Crippen LogP contribution >= 0.6 is 0 Å². The molecular formula is C17H23N3. The molecule has 3 nitrogen and oxygen atoms in total. The Balaban J connectivity index is 1.99. The molecule has 0 bridgehead atoms. The van der Waals surface area contributed by atoms with Gasteiger partial charge in [-0.1, -0.05) is 38.1 Å². The van der Waals surface area contributed by atoms with E-state index in [1.807, 2.05) is 12.5 Å². The van der Waals surface area contributed by atoms with E-state index in [1.165, 1.54) is 11.1 Å². The molecule has 0 saturated carbocycles. The zero-order valence-electron chi connectivity index (χ0n) is 12.3. The van der Waals surface area contributed by atoms with Gasteiger partial charge in [0.15, 0.2) is 0 Å². The van der Waals surface area contributed by atoms with Crippen molar-refractivity contribution in [3.8, 4) is 0 Å². The van der Waals surface area contributed by atoms with Gasteiger partial charge in [-0.15, -0.1) is 0 Å². The quantitative estimate of drug-likeness (QED) is 0.917. The topological polar surface area (TPSA) is 29.9 Å². The number of benzene rings is 1. The van der Waals surface area contributed by atoms with E-state index < -0.39 is 0 Å². The molecule has 1 aromatic carbocycles. The molecule has 3 atom stereocenters. The van der Waals surface area contributed by atoms with Crippen LogP contribution in [0.4, 0.5) is 0 Å². The summed E-state index contributed by atoms with van der Waals surface area (Å²) in [7, 11) is 0. The van der Waals surface area contributed by atoms with Gasteiger partial charge in [-0.25, -0.2) is 4.98 Å². The van der Waals surface area contributed by atoms with Gasteiger partial charge in [0.05, 0.1) is 18.4 Å². The third kappa shape index (κ3) is 2.38. The maximum atomic E-state index is 4.23. The minimum atomic E-state index is 0.386. The largest absolute Gasteiger partial charge is 0.332 e. The minimum absolute atomic E-state index is 0.386. The number of fused-ring (bicyclic) bond motifs is 1. The van der Waals surface area contributed by atoms with Crippen molar-refractivity contribution in [2.24, 2.45) is 0 Å². The van der Waals surface area contributed by atoms with Gasteiger partial charge >= 0.3 is 0 Å². The predicted molar refractivity (Wildman–Crippen MR) is 81.8 cm³/mol. The summed E-state index contributed by atoms with van der Waals surface area (Å²) in [4.78, 5) is 4.23. The normalized spacial score (nSPS) is 25.4. The molecule has 20 heavy (non-hydrogen) atoms. The molecule has 1 N–H and O–H groups in total. The molecule has 3 rings (SSSR count). The van der Waals surface area contributed by atoms with Crippen LogP contribution in [0, 0.1) is 0 Å². The zero-order chi connectivity index (χ0) is 13.9. The van der Waals surface area contributed by atoms with Crippen LogP contribution in [-0.4, -0.2) is 16.1 Å². The number of nitrogens with zero attached hydrogens (tertiary/aromatic N) is 2. The second-order valence-corrected chi connectivity index (χ2v) is 5.77. The van der Waals surface area contributed by atoms with Gasteiger partial charge in [-0.2, -0.15) is 0 Å². The third-order valence-electron chi connectivity index (χ3n) is 4.36. The molecule has 0 fully saturated rings. The van der Waals surface area contributed by atoms with E-state index in [-0.39, 0.29) is 0 Å². The highest BCUT2D eigenvalue weighted by molar-refractivity contribution is 5.36. The number of nitrogens with one attached hydrogen (secondary N) is 1. The fourth-order valence-corrected chi connectivity index (χ4v) is 3.38. The fourth-order valence-electron chi connectivity index (χ4n) is 3.38. The Bertz CT molecular complexity index is 547. The molecule has 1 aromatic heterocycles. The summed E-state index contributed by atoms with van der Waals surface area (Å²) in [5, 5.41) is 3.74. The standard InChI is InChI=1S/C17H23N3/c1-3-8-19-17-15-7-5-4-6-14(15)13(2)11-16(17)20-10-9-18-12-20/h4-7,9-10,12-13,16-17,19H,3,8,11H2,1-2H3. The van der Waals surface area contributed by atoms with Crippen LogP contribution < -0.4 is 5.32 Å². The Morgan fingerprint density at radius 3 is 2.80 bits per heavy atom. The van der Waals surface area contributed by atoms with Crippen molar-refractivity contribution in [3.05, 3.63) is 54.1 Å². The van der Waals surface area contributed by atoms with Crippen LogP contribution in [0.25, 0.3) is 0 Å². The van der Waals surface area contributed by atoms with Gasteiger partial charge < -0.3 is 9.88 Å². The second-order valence-electron chi connectivity index (χ2n) is 5.77. The van der Waals surface area contributed by atoms with Gasteiger partial charge in [-0.05, 0) is 36.4 Å². The molecule has 0 saturated heterocycles. The maximum absolute atomic E-state index is 4.23. The molecule has 1 aliphatic carbocycles. The van der Waals surface area contributed by atoms with Gasteiger partial charge in [0.1, 0.15) is 0 Å². The van der Waals surface area contributed by atoms with E-state index in [1.54, 1.807) is 0 Å². The maximum Gasteiger partial charge on any atom is 0.0949 e. The van der Waals surface area contributed by atoms with E-state index in [4.69, 9.17) is 0 Å². The Morgan fingerprint density at radius 1 is 1.30 bits per heavy atom. The summed E-state index contributed by atoms with van der Waals surface area (Å²) in [5.41, 5.74) is 2.95. The van der Waals surface area contributed by atoms with Gasteiger partial charge in [0.2, 0.25) is 0 Å². The Hall–Kier alpha value is -1.61. The van der Waals surface area contributed by atoms with E-state index in [9.17, 15) is 0 Å². The van der Waals surface area contributed by atoms with Crippen LogP contribution in [-0.2, 0) is 0 Å². The molecule has 2 aromatic rings. The summed E-state index contributed by atoms with van der Waals surface area (Å²) in [6.45, 7) is 5.61. The average Bonchev–Trinajstić information content (AvgIpc) is 3.00. The smallest absolute Gasteiger partial charge is 0.0949 e. The number of aromatic nitrogens is 2. The first-order chi connectivity index (χ1) is 9.81. The molecule has 3 heteroatoms. The van der Waals surface area contributed by atoms with Crippen molar-refractivity contribution in [2.45, 2.75) is 44.7 Å². The molecular weight excluding hydrogens is 246 g/mol. The van der Waals surface area contributed by atoms with E-state index in [0.29, 0.717) is 18.0 Å². The summed E-state index contributed by atoms with van der Waals surface area (Å²) < 4.78 is 2.26. The highest BCUT2D eigenvalue weighted by Gasteiger charge is 2.33. The van der Waals surface area contributed by atoms with Crippen LogP contribution in [0.2, 0.25) is 0 Å². The summed E-state index contributed by atoms with van der Waals surface area (Å²) in [6.07, 6.45) is 8.24. The van der Waals surface area contributed by atoms with Crippen molar-refractivity contribution < 1.29 is 0 Å². The van der Waals surface area contributed by atoms with Crippen molar-refractivity contribution in [1.29, 1.82) is 0 Å². The summed E-state index contributed by atoms with van der Waals surface area (Å²) >= 11 is 0. The fraction of sp³-hybridized carbons (Fsp3) is 0.471. The number of imidazole rings is 1. The average molecular weight is 269 g/mol. The lowest BCUT2D eigenvalue weighted by Crippen LogP contribution is -2.35. The highest BCUT2D eigenvalue weighted by atomic mass is 15.1. The lowest BCUT2D eigenvalue weighted by molar-refractivity contribution is 0.298. The highest BCUT2D eigenvalue weighted by Crippen LogP contribution is 2.43. The molecule has 0 spiro atoms. The molecule has 0 amide bonds. The SMILES string of the molecule is CCCNC1c2ccccc2C(C)CC1n1ccnc1. The molecule has 0 aliphatic heterocycles. The van der Waals surface area contributed by atoms with Crippen molar-refractivity contribution in [3.63, 3.8) is 0 Å². The number of rotatable bonds is 4. The lowest BCUT2D eigenvalue weighted by Gasteiger charge is -2.38. The first kappa shape index (κ1) is 13.4. The van der Waals surface area contributed by atoms with Crippen molar-refractivity contribution in [1.82, 2.24) is 14.9 Å². The van der Waals surface area contributed by atoms with Gasteiger partial charge in [-0.3, -0.25) is 0 Å². The van der Waals surface area contributed by atoms with Crippen molar-refractivity contribution in [2.75, 3.05) is 6.54 Å². The second kappa shape index (κ2) is 5.80. The van der Waals surface area contributed by atoms with Gasteiger partial charge in [0, 0.05) is 12.4 Å². The first-order valence-corrected chi connectivity index (χ1v) is 7.61. The monoisotopic (exact) mass is 269 g/mol. The summed E-state index contributed by atoms with van der Waals surface area (Å²) in [5.74, 6) is 0.596. The van der Waals surface area contributed by atoms with Crippen LogP contribution in [0.3, 0.4) is 0 Å². The van der Waals surface area contributed by atoms with Gasteiger partial charge in [0.25, 0.3) is 0 Å². The van der Waals surface area contributed by atoms with Crippen LogP contribution in [0.5, 0.6) is 0 Å². The Labute approximate surface area is 121 Å².